The lowest BCUT2D eigenvalue weighted by Crippen LogP contribution is -2.23. The Morgan fingerprint density at radius 2 is 1.94 bits per heavy atom. The molecule has 9 nitrogen and oxygen atoms in total. The van der Waals surface area contributed by atoms with Gasteiger partial charge in [-0.15, -0.1) is 0 Å². The van der Waals surface area contributed by atoms with E-state index in [9.17, 15) is 22.0 Å². The van der Waals surface area contributed by atoms with Crippen LogP contribution in [0.3, 0.4) is 0 Å². The van der Waals surface area contributed by atoms with Gasteiger partial charge < -0.3 is 10.2 Å². The van der Waals surface area contributed by atoms with E-state index in [-0.39, 0.29) is 22.3 Å². The molecule has 12 heteroatoms. The summed E-state index contributed by atoms with van der Waals surface area (Å²) in [5.74, 6) is -1.43. The summed E-state index contributed by atoms with van der Waals surface area (Å²) >= 11 is 0. The second kappa shape index (κ2) is 8.71. The van der Waals surface area contributed by atoms with Gasteiger partial charge in [-0.25, -0.2) is 31.8 Å². The third-order valence-corrected chi connectivity index (χ3v) is 6.76. The Morgan fingerprint density at radius 3 is 2.69 bits per heavy atom. The first-order valence-corrected chi connectivity index (χ1v) is 12.2. The standard InChI is InChI=1S/C23H20F2N6O3S/c24-14-3-5-19(25)17(10-14)20-2-1-8-30(20)16-7-9-31-21(11-16)18(13-28-31)23(32)29-15-4-6-22(27-12-15)35(26,33)34/h3-7,9-13,20H,1-2,8H2,(H,29,32)(H2,26,33,34). The maximum atomic E-state index is 14.5. The Balaban J connectivity index is 1.43. The molecule has 4 aromatic rings. The van der Waals surface area contributed by atoms with Crippen molar-refractivity contribution in [1.29, 1.82) is 0 Å². The van der Waals surface area contributed by atoms with Gasteiger partial charge in [0, 0.05) is 24.0 Å². The number of aromatic nitrogens is 3. The van der Waals surface area contributed by atoms with Gasteiger partial charge in [-0.2, -0.15) is 5.10 Å². The molecule has 1 amide bonds. The minimum absolute atomic E-state index is 0.273. The van der Waals surface area contributed by atoms with E-state index in [1.165, 1.54) is 35.1 Å². The Labute approximate surface area is 199 Å². The van der Waals surface area contributed by atoms with Gasteiger partial charge in [0.1, 0.15) is 11.6 Å². The Kier molecular flexibility index (Phi) is 5.69. The number of carbonyl (C=O) groups is 1. The van der Waals surface area contributed by atoms with Crippen LogP contribution in [0.15, 0.2) is 66.1 Å². The topological polar surface area (TPSA) is 123 Å². The lowest BCUT2D eigenvalue weighted by molar-refractivity contribution is 0.102. The molecule has 3 N–H and O–H groups in total. The van der Waals surface area contributed by atoms with Crippen LogP contribution >= 0.6 is 0 Å². The molecule has 1 atom stereocenters. The third kappa shape index (κ3) is 4.45. The maximum absolute atomic E-state index is 14.5. The van der Waals surface area contributed by atoms with E-state index in [2.05, 4.69) is 15.4 Å². The van der Waals surface area contributed by atoms with Gasteiger partial charge in [-0.05, 0) is 55.3 Å². The molecule has 1 aromatic carbocycles. The lowest BCUT2D eigenvalue weighted by Gasteiger charge is -2.27. The number of amides is 1. The van der Waals surface area contributed by atoms with Crippen LogP contribution in [0.5, 0.6) is 0 Å². The van der Waals surface area contributed by atoms with Gasteiger partial charge in [0.15, 0.2) is 5.03 Å². The number of anilines is 2. The van der Waals surface area contributed by atoms with Crippen molar-refractivity contribution in [2.45, 2.75) is 23.9 Å². The zero-order valence-electron chi connectivity index (χ0n) is 18.2. The highest BCUT2D eigenvalue weighted by molar-refractivity contribution is 7.89. The number of halogens is 2. The van der Waals surface area contributed by atoms with Crippen LogP contribution in [-0.2, 0) is 10.0 Å². The lowest BCUT2D eigenvalue weighted by atomic mass is 10.0. The molecule has 0 radical (unpaired) electrons. The number of hydrogen-bond donors (Lipinski definition) is 2. The first-order chi connectivity index (χ1) is 16.7. The van der Waals surface area contributed by atoms with E-state index in [0.717, 1.165) is 24.2 Å². The van der Waals surface area contributed by atoms with Gasteiger partial charge in [0.05, 0.1) is 35.2 Å². The van der Waals surface area contributed by atoms with Crippen molar-refractivity contribution in [3.05, 3.63) is 83.8 Å². The third-order valence-electron chi connectivity index (χ3n) is 5.94. The smallest absolute Gasteiger partial charge is 0.259 e. The molecule has 35 heavy (non-hydrogen) atoms. The van der Waals surface area contributed by atoms with Gasteiger partial charge in [-0.1, -0.05) is 0 Å². The first-order valence-electron chi connectivity index (χ1n) is 10.7. The molecule has 4 heterocycles. The van der Waals surface area contributed by atoms with Crippen molar-refractivity contribution < 1.29 is 22.0 Å². The fraction of sp³-hybridized carbons (Fsp3) is 0.174. The SMILES string of the molecule is NS(=O)(=O)c1ccc(NC(=O)c2cnn3ccc(N4CCCC4c4cc(F)ccc4F)cc23)cn1. The molecular weight excluding hydrogens is 478 g/mol. The van der Waals surface area contributed by atoms with Crippen LogP contribution in [-0.4, -0.2) is 35.5 Å². The van der Waals surface area contributed by atoms with Crippen LogP contribution in [0.4, 0.5) is 20.2 Å². The zero-order chi connectivity index (χ0) is 24.7. The number of nitrogens with one attached hydrogen (secondary N) is 1. The first kappa shape index (κ1) is 22.9. The number of nitrogens with two attached hydrogens (primary N) is 1. The predicted octanol–water partition coefficient (Wildman–Crippen LogP) is 3.25. The summed E-state index contributed by atoms with van der Waals surface area (Å²) < 4.78 is 52.6. The van der Waals surface area contributed by atoms with Gasteiger partial charge in [0.25, 0.3) is 15.9 Å². The van der Waals surface area contributed by atoms with Gasteiger partial charge in [0.2, 0.25) is 0 Å². The predicted molar refractivity (Wildman–Crippen MR) is 124 cm³/mol. The number of pyridine rings is 2. The molecule has 0 spiro atoms. The monoisotopic (exact) mass is 498 g/mol. The minimum Gasteiger partial charge on any atom is -0.364 e. The van der Waals surface area contributed by atoms with Gasteiger partial charge >= 0.3 is 0 Å². The molecule has 3 aromatic heterocycles. The summed E-state index contributed by atoms with van der Waals surface area (Å²) in [5.41, 5.74) is 2.11. The quantitative estimate of drug-likeness (QED) is 0.436. The van der Waals surface area contributed by atoms with Crippen molar-refractivity contribution in [3.63, 3.8) is 0 Å². The second-order valence-electron chi connectivity index (χ2n) is 8.17. The number of rotatable bonds is 5. The summed E-state index contributed by atoms with van der Waals surface area (Å²) in [6.45, 7) is 0.647. The Bertz CT molecular complexity index is 1540. The molecule has 0 aliphatic carbocycles. The summed E-state index contributed by atoms with van der Waals surface area (Å²) in [6, 6.07) is 9.28. The summed E-state index contributed by atoms with van der Waals surface area (Å²) in [6.07, 6.45) is 5.77. The normalized spacial score (nSPS) is 16.1. The van der Waals surface area contributed by atoms with E-state index >= 15 is 0 Å². The van der Waals surface area contributed by atoms with E-state index in [4.69, 9.17) is 5.14 Å². The molecule has 1 aliphatic rings. The van der Waals surface area contributed by atoms with Crippen LogP contribution in [0.1, 0.15) is 34.8 Å². The maximum Gasteiger partial charge on any atom is 0.259 e. The number of nitrogens with zero attached hydrogens (tertiary/aromatic N) is 4. The number of primary sulfonamides is 1. The molecule has 1 fully saturated rings. The number of sulfonamides is 1. The Hall–Kier alpha value is -3.90. The second-order valence-corrected chi connectivity index (χ2v) is 9.68. The number of hydrogen-bond acceptors (Lipinski definition) is 6. The molecule has 1 aliphatic heterocycles. The van der Waals surface area contributed by atoms with E-state index in [0.29, 0.717) is 24.0 Å². The van der Waals surface area contributed by atoms with Crippen molar-refractivity contribution in [2.75, 3.05) is 16.8 Å². The van der Waals surface area contributed by atoms with Crippen LogP contribution < -0.4 is 15.4 Å². The average molecular weight is 499 g/mol. The zero-order valence-corrected chi connectivity index (χ0v) is 19.0. The summed E-state index contributed by atoms with van der Waals surface area (Å²) in [5, 5.41) is 11.6. The van der Waals surface area contributed by atoms with Gasteiger partial charge in [-0.3, -0.25) is 4.79 Å². The molecule has 180 valence electrons. The highest BCUT2D eigenvalue weighted by atomic mass is 32.2. The number of carbonyl (C=O) groups excluding carboxylic acids is 1. The molecule has 0 saturated carbocycles. The van der Waals surface area contributed by atoms with Crippen molar-refractivity contribution >= 4 is 32.8 Å². The van der Waals surface area contributed by atoms with Crippen LogP contribution in [0.25, 0.3) is 5.52 Å². The number of benzene rings is 1. The van der Waals surface area contributed by atoms with Crippen LogP contribution in [0, 0.1) is 11.6 Å². The fourth-order valence-electron chi connectivity index (χ4n) is 4.31. The Morgan fingerprint density at radius 1 is 1.11 bits per heavy atom. The summed E-state index contributed by atoms with van der Waals surface area (Å²) in [4.78, 5) is 18.7. The minimum atomic E-state index is -3.95. The summed E-state index contributed by atoms with van der Waals surface area (Å²) in [7, 11) is -3.95. The highest BCUT2D eigenvalue weighted by Gasteiger charge is 2.29. The molecule has 1 unspecified atom stereocenters. The molecular formula is C23H20F2N6O3S. The van der Waals surface area contributed by atoms with E-state index in [1.807, 2.05) is 11.0 Å². The molecule has 5 rings (SSSR count). The van der Waals surface area contributed by atoms with Crippen molar-refractivity contribution in [3.8, 4) is 0 Å². The molecule has 0 bridgehead atoms. The molecule has 1 saturated heterocycles. The van der Waals surface area contributed by atoms with E-state index < -0.39 is 27.6 Å². The largest absolute Gasteiger partial charge is 0.364 e. The van der Waals surface area contributed by atoms with Crippen molar-refractivity contribution in [2.24, 2.45) is 5.14 Å². The van der Waals surface area contributed by atoms with Crippen LogP contribution in [0.2, 0.25) is 0 Å². The average Bonchev–Trinajstić information content (AvgIpc) is 3.47. The highest BCUT2D eigenvalue weighted by Crippen LogP contribution is 2.38. The van der Waals surface area contributed by atoms with Crippen molar-refractivity contribution in [1.82, 2.24) is 14.6 Å². The fourth-order valence-corrected chi connectivity index (χ4v) is 4.77. The number of fused-ring (bicyclic) bond motifs is 1. The van der Waals surface area contributed by atoms with E-state index in [1.54, 1.807) is 12.3 Å².